The molecule has 0 aliphatic heterocycles. The molecule has 1 aromatic rings. The molecule has 2 heteroatoms. The Morgan fingerprint density at radius 1 is 1.04 bits per heavy atom. The van der Waals surface area contributed by atoms with Crippen LogP contribution < -0.4 is 0 Å². The second-order valence-electron chi connectivity index (χ2n) is 6.53. The van der Waals surface area contributed by atoms with Crippen LogP contribution in [-0.4, -0.2) is 12.2 Å². The minimum atomic E-state index is -0.777. The highest BCUT2D eigenvalue weighted by molar-refractivity contribution is 5.75. The molecule has 0 saturated heterocycles. The first kappa shape index (κ1) is 18.5. The van der Waals surface area contributed by atoms with E-state index in [4.69, 9.17) is 4.74 Å². The van der Waals surface area contributed by atoms with E-state index < -0.39 is 5.60 Å². The summed E-state index contributed by atoms with van der Waals surface area (Å²) in [6.07, 6.45) is 15.5. The lowest BCUT2D eigenvalue weighted by molar-refractivity contribution is 0.0323. The average molecular weight is 323 g/mol. The number of nitriles is 1. The Labute approximate surface area is 146 Å². The van der Waals surface area contributed by atoms with E-state index in [2.05, 4.69) is 31.2 Å². The maximum atomic E-state index is 9.54. The Balaban J connectivity index is 1.73. The van der Waals surface area contributed by atoms with Crippen LogP contribution in [0.15, 0.2) is 48.6 Å². The first-order valence-corrected chi connectivity index (χ1v) is 9.30. The number of rotatable bonds is 10. The first-order chi connectivity index (χ1) is 11.8. The molecule has 0 radical (unpaired) electrons. The van der Waals surface area contributed by atoms with Gasteiger partial charge in [0.15, 0.2) is 5.60 Å². The monoisotopic (exact) mass is 323 g/mol. The summed E-state index contributed by atoms with van der Waals surface area (Å²) in [6.45, 7) is 2.91. The van der Waals surface area contributed by atoms with E-state index in [0.717, 1.165) is 6.42 Å². The van der Waals surface area contributed by atoms with Gasteiger partial charge in [-0.3, -0.25) is 0 Å². The van der Waals surface area contributed by atoms with Crippen LogP contribution in [-0.2, 0) is 4.74 Å². The van der Waals surface area contributed by atoms with Crippen molar-refractivity contribution in [3.8, 4) is 6.07 Å². The number of ether oxygens (including phenoxy) is 1. The van der Waals surface area contributed by atoms with Crippen LogP contribution in [0.25, 0.3) is 5.57 Å². The van der Waals surface area contributed by atoms with Gasteiger partial charge in [-0.2, -0.15) is 5.26 Å². The summed E-state index contributed by atoms with van der Waals surface area (Å²) in [6, 6.07) is 12.6. The van der Waals surface area contributed by atoms with Gasteiger partial charge in [0.25, 0.3) is 0 Å². The number of benzene rings is 1. The molecule has 0 N–H and O–H groups in total. The van der Waals surface area contributed by atoms with E-state index in [1.807, 2.05) is 30.4 Å². The summed E-state index contributed by atoms with van der Waals surface area (Å²) >= 11 is 0. The number of allylic oxidation sites excluding steroid dienone is 2. The lowest BCUT2D eigenvalue weighted by atomic mass is 9.90. The van der Waals surface area contributed by atoms with Crippen molar-refractivity contribution >= 4 is 5.57 Å². The molecule has 2 rings (SSSR count). The summed E-state index contributed by atoms with van der Waals surface area (Å²) in [5.74, 6) is 0. The van der Waals surface area contributed by atoms with Crippen LogP contribution >= 0.6 is 0 Å². The molecule has 0 saturated carbocycles. The highest BCUT2D eigenvalue weighted by Crippen LogP contribution is 2.29. The Hall–Kier alpha value is -1.85. The van der Waals surface area contributed by atoms with Gasteiger partial charge in [-0.1, -0.05) is 87.9 Å². The SMILES string of the molecule is CCCCCCCCCOC1(C#N)C=CC(c2ccccc2)=CC1. The molecule has 1 aromatic carbocycles. The maximum Gasteiger partial charge on any atom is 0.176 e. The number of unbranched alkanes of at least 4 members (excludes halogenated alkanes) is 6. The van der Waals surface area contributed by atoms with Crippen LogP contribution in [0.1, 0.15) is 63.9 Å². The molecule has 0 aromatic heterocycles. The Morgan fingerprint density at radius 3 is 2.38 bits per heavy atom. The standard InChI is InChI=1S/C22H29NO/c1-2-3-4-5-6-7-11-18-24-22(19-23)16-14-21(15-17-22)20-12-9-8-10-13-20/h8-10,12-16H,2-7,11,17-18H2,1H3. The lowest BCUT2D eigenvalue weighted by Gasteiger charge is -2.25. The molecule has 0 amide bonds. The van der Waals surface area contributed by atoms with Gasteiger partial charge in [0, 0.05) is 13.0 Å². The highest BCUT2D eigenvalue weighted by Gasteiger charge is 2.29. The lowest BCUT2D eigenvalue weighted by Crippen LogP contribution is -2.29. The van der Waals surface area contributed by atoms with Gasteiger partial charge in [-0.05, 0) is 23.6 Å². The van der Waals surface area contributed by atoms with Crippen LogP contribution in [0.3, 0.4) is 0 Å². The van der Waals surface area contributed by atoms with E-state index in [1.54, 1.807) is 0 Å². The highest BCUT2D eigenvalue weighted by atomic mass is 16.5. The minimum absolute atomic E-state index is 0.626. The number of nitrogens with zero attached hydrogens (tertiary/aromatic N) is 1. The third-order valence-corrected chi connectivity index (χ3v) is 4.56. The molecule has 0 heterocycles. The van der Waals surface area contributed by atoms with Crippen molar-refractivity contribution < 1.29 is 4.74 Å². The third-order valence-electron chi connectivity index (χ3n) is 4.56. The second kappa shape index (κ2) is 10.1. The fourth-order valence-corrected chi connectivity index (χ4v) is 3.00. The van der Waals surface area contributed by atoms with E-state index in [-0.39, 0.29) is 0 Å². The zero-order valence-electron chi connectivity index (χ0n) is 14.8. The molecule has 2 nitrogen and oxygen atoms in total. The molecule has 0 fully saturated rings. The molecule has 1 atom stereocenters. The fourth-order valence-electron chi connectivity index (χ4n) is 3.00. The second-order valence-corrected chi connectivity index (χ2v) is 6.53. The van der Waals surface area contributed by atoms with Crippen LogP contribution in [0.4, 0.5) is 0 Å². The summed E-state index contributed by atoms with van der Waals surface area (Å²) in [4.78, 5) is 0. The van der Waals surface area contributed by atoms with Crippen molar-refractivity contribution in [3.63, 3.8) is 0 Å². The van der Waals surface area contributed by atoms with Gasteiger partial charge < -0.3 is 4.74 Å². The smallest absolute Gasteiger partial charge is 0.176 e. The van der Waals surface area contributed by atoms with Crippen LogP contribution in [0.5, 0.6) is 0 Å². The van der Waals surface area contributed by atoms with E-state index in [1.165, 1.54) is 49.7 Å². The Bertz CT molecular complexity index is 582. The molecule has 1 aliphatic rings. The number of hydrogen-bond acceptors (Lipinski definition) is 2. The van der Waals surface area contributed by atoms with Gasteiger partial charge in [0.1, 0.15) is 6.07 Å². The summed E-state index contributed by atoms with van der Waals surface area (Å²) < 4.78 is 5.94. The van der Waals surface area contributed by atoms with Gasteiger partial charge in [0.05, 0.1) is 0 Å². The quantitative estimate of drug-likeness (QED) is 0.490. The van der Waals surface area contributed by atoms with Crippen molar-refractivity contribution in [3.05, 3.63) is 54.1 Å². The first-order valence-electron chi connectivity index (χ1n) is 9.30. The molecule has 1 aliphatic carbocycles. The van der Waals surface area contributed by atoms with Crippen molar-refractivity contribution in [2.75, 3.05) is 6.61 Å². The van der Waals surface area contributed by atoms with Crippen molar-refractivity contribution in [2.45, 2.75) is 63.9 Å². The van der Waals surface area contributed by atoms with Gasteiger partial charge in [0.2, 0.25) is 0 Å². The maximum absolute atomic E-state index is 9.54. The zero-order valence-corrected chi connectivity index (χ0v) is 14.8. The molecule has 1 unspecified atom stereocenters. The van der Waals surface area contributed by atoms with Crippen molar-refractivity contribution in [2.24, 2.45) is 0 Å². The van der Waals surface area contributed by atoms with Crippen LogP contribution in [0, 0.1) is 11.3 Å². The predicted octanol–water partition coefficient (Wildman–Crippen LogP) is 6.06. The average Bonchev–Trinajstić information content (AvgIpc) is 2.65. The van der Waals surface area contributed by atoms with Gasteiger partial charge >= 0.3 is 0 Å². The van der Waals surface area contributed by atoms with E-state index in [9.17, 15) is 5.26 Å². The predicted molar refractivity (Wildman–Crippen MR) is 100 cm³/mol. The Morgan fingerprint density at radius 2 is 1.75 bits per heavy atom. The van der Waals surface area contributed by atoms with Crippen molar-refractivity contribution in [1.29, 1.82) is 5.26 Å². The minimum Gasteiger partial charge on any atom is -0.356 e. The Kier molecular flexibility index (Phi) is 7.79. The van der Waals surface area contributed by atoms with Crippen LogP contribution in [0.2, 0.25) is 0 Å². The van der Waals surface area contributed by atoms with Gasteiger partial charge in [-0.25, -0.2) is 0 Å². The third kappa shape index (κ3) is 5.65. The molecular weight excluding hydrogens is 294 g/mol. The van der Waals surface area contributed by atoms with Crippen molar-refractivity contribution in [1.82, 2.24) is 0 Å². The molecule has 24 heavy (non-hydrogen) atoms. The fraction of sp³-hybridized carbons (Fsp3) is 0.500. The normalized spacial score (nSPS) is 19.8. The summed E-state index contributed by atoms with van der Waals surface area (Å²) in [5, 5.41) is 9.54. The van der Waals surface area contributed by atoms with Gasteiger partial charge in [-0.15, -0.1) is 0 Å². The summed E-state index contributed by atoms with van der Waals surface area (Å²) in [5.41, 5.74) is 1.58. The molecule has 0 spiro atoms. The van der Waals surface area contributed by atoms with E-state index >= 15 is 0 Å². The molecule has 0 bridgehead atoms. The molecule has 128 valence electrons. The molecular formula is C22H29NO. The topological polar surface area (TPSA) is 33.0 Å². The summed E-state index contributed by atoms with van der Waals surface area (Å²) in [7, 11) is 0. The van der Waals surface area contributed by atoms with E-state index in [0.29, 0.717) is 13.0 Å². The number of hydrogen-bond donors (Lipinski definition) is 0. The largest absolute Gasteiger partial charge is 0.356 e. The zero-order chi connectivity index (χ0) is 17.1.